The molecule has 1 aliphatic heterocycles. The molecule has 4 atom stereocenters. The van der Waals surface area contributed by atoms with E-state index in [4.69, 9.17) is 16.3 Å². The largest absolute Gasteiger partial charge is 0.328 e. The number of nitrogens with two attached hydrogens (primary N) is 2. The maximum absolute atomic E-state index is 6.12. The molecule has 0 aromatic carbocycles. The minimum absolute atomic E-state index is 0.0342. The molecule has 1 aromatic heterocycles. The van der Waals surface area contributed by atoms with Crippen LogP contribution in [0.4, 0.5) is 0 Å². The van der Waals surface area contributed by atoms with Crippen molar-refractivity contribution in [2.24, 2.45) is 22.5 Å². The van der Waals surface area contributed by atoms with Gasteiger partial charge in [0.2, 0.25) is 0 Å². The van der Waals surface area contributed by atoms with Crippen molar-refractivity contribution in [3.05, 3.63) is 60.5 Å². The molecule has 6 N–H and O–H groups in total. The predicted octanol–water partition coefficient (Wildman–Crippen LogP) is 2.62. The van der Waals surface area contributed by atoms with Crippen LogP contribution in [-0.4, -0.2) is 36.6 Å². The third kappa shape index (κ3) is 6.88. The van der Waals surface area contributed by atoms with Crippen LogP contribution in [0.1, 0.15) is 48.9 Å². The lowest BCUT2D eigenvalue weighted by Gasteiger charge is -2.20. The van der Waals surface area contributed by atoms with E-state index in [0.717, 1.165) is 31.4 Å². The van der Waals surface area contributed by atoms with Crippen LogP contribution >= 0.6 is 0 Å². The number of hydroxylamine groups is 1. The Morgan fingerprint density at radius 3 is 2.93 bits per heavy atom. The van der Waals surface area contributed by atoms with Crippen molar-refractivity contribution in [2.45, 2.75) is 50.7 Å². The van der Waals surface area contributed by atoms with Gasteiger partial charge in [-0.1, -0.05) is 31.6 Å². The fourth-order valence-electron chi connectivity index (χ4n) is 3.39. The molecule has 30 heavy (non-hydrogen) atoms. The monoisotopic (exact) mass is 412 g/mol. The highest BCUT2D eigenvalue weighted by molar-refractivity contribution is 5.72. The number of unbranched alkanes of at least 4 members (excludes halogenated alkanes) is 1. The van der Waals surface area contributed by atoms with E-state index >= 15 is 0 Å². The van der Waals surface area contributed by atoms with Gasteiger partial charge in [-0.2, -0.15) is 10.6 Å². The molecular formula is C23H36N6O. The number of hydrogen-bond acceptors (Lipinski definition) is 7. The molecule has 0 saturated heterocycles. The van der Waals surface area contributed by atoms with E-state index in [1.54, 1.807) is 0 Å². The molecule has 0 bridgehead atoms. The molecule has 7 nitrogen and oxygen atoms in total. The minimum atomic E-state index is -0.348. The Morgan fingerprint density at radius 2 is 2.23 bits per heavy atom. The maximum Gasteiger partial charge on any atom is 0.0853 e. The Bertz CT molecular complexity index is 732. The lowest BCUT2D eigenvalue weighted by molar-refractivity contribution is 0.0126. The molecule has 0 amide bonds. The van der Waals surface area contributed by atoms with Crippen LogP contribution in [0.25, 0.3) is 6.08 Å². The van der Waals surface area contributed by atoms with E-state index in [1.807, 2.05) is 30.6 Å². The highest BCUT2D eigenvalue weighted by Gasteiger charge is 2.25. The van der Waals surface area contributed by atoms with Crippen molar-refractivity contribution in [3.63, 3.8) is 0 Å². The number of allylic oxidation sites excluding steroid dienone is 1. The van der Waals surface area contributed by atoms with Gasteiger partial charge in [0, 0.05) is 30.8 Å². The smallest absolute Gasteiger partial charge is 0.0853 e. The first kappa shape index (κ1) is 24.0. The molecule has 0 radical (unpaired) electrons. The third-order valence-corrected chi connectivity index (χ3v) is 5.20. The Kier molecular flexibility index (Phi) is 10.4. The van der Waals surface area contributed by atoms with E-state index in [0.29, 0.717) is 13.2 Å². The number of aryl methyl sites for hydroxylation is 1. The van der Waals surface area contributed by atoms with Crippen LogP contribution in [0, 0.1) is 5.92 Å². The van der Waals surface area contributed by atoms with Crippen LogP contribution in [-0.2, 0) is 11.3 Å². The quantitative estimate of drug-likeness (QED) is 0.162. The summed E-state index contributed by atoms with van der Waals surface area (Å²) < 4.78 is 0. The summed E-state index contributed by atoms with van der Waals surface area (Å²) in [5.41, 5.74) is 20.9. The summed E-state index contributed by atoms with van der Waals surface area (Å²) in [6.07, 6.45) is 15.5. The summed E-state index contributed by atoms with van der Waals surface area (Å²) in [6, 6.07) is 2.29. The first-order valence-electron chi connectivity index (χ1n) is 10.7. The van der Waals surface area contributed by atoms with Crippen molar-refractivity contribution in [1.82, 2.24) is 15.9 Å². The predicted molar refractivity (Wildman–Crippen MR) is 125 cm³/mol. The minimum Gasteiger partial charge on any atom is -0.328 e. The van der Waals surface area contributed by atoms with Gasteiger partial charge in [-0.05, 0) is 42.5 Å². The summed E-state index contributed by atoms with van der Waals surface area (Å²) in [5.74, 6) is 0.203. The molecule has 7 heteroatoms. The van der Waals surface area contributed by atoms with Gasteiger partial charge < -0.3 is 16.9 Å². The zero-order valence-electron chi connectivity index (χ0n) is 18.0. The maximum atomic E-state index is 6.12. The Labute approximate surface area is 180 Å². The van der Waals surface area contributed by atoms with E-state index in [-0.39, 0.29) is 24.0 Å². The number of nitrogens with one attached hydrogen (secondary N) is 2. The SMILES string of the molecule is C=CC(C/C=C/c1cc(CCCC)c(C2C=NNC2C=C)cn1)C(N)NOCCN. The number of hydrogen-bond donors (Lipinski definition) is 4. The molecule has 164 valence electrons. The van der Waals surface area contributed by atoms with Crippen LogP contribution in [0.5, 0.6) is 0 Å². The topological polar surface area (TPSA) is 111 Å². The van der Waals surface area contributed by atoms with Crippen molar-refractivity contribution >= 4 is 12.3 Å². The second-order valence-electron chi connectivity index (χ2n) is 7.42. The molecule has 2 heterocycles. The summed E-state index contributed by atoms with van der Waals surface area (Å²) in [5, 5.41) is 4.23. The van der Waals surface area contributed by atoms with Gasteiger partial charge in [0.05, 0.1) is 24.5 Å². The standard InChI is InChI=1S/C23H36N6O/c1-4-7-9-18-14-19(26-15-20(18)21-16-27-28-22(21)6-3)11-8-10-17(5-2)23(25)29-30-13-12-24/h5-6,8,11,14-17,21-23,28-29H,2-4,7,9-10,12-13,24-25H2,1H3/b11-8+. The molecule has 0 fully saturated rings. The second-order valence-corrected chi connectivity index (χ2v) is 7.42. The number of hydrazone groups is 1. The Hall–Kier alpha value is -2.32. The average molecular weight is 413 g/mol. The van der Waals surface area contributed by atoms with Crippen molar-refractivity contribution in [3.8, 4) is 0 Å². The average Bonchev–Trinajstić information content (AvgIpc) is 3.24. The van der Waals surface area contributed by atoms with Gasteiger partial charge in [-0.3, -0.25) is 9.82 Å². The van der Waals surface area contributed by atoms with Gasteiger partial charge in [-0.25, -0.2) is 0 Å². The van der Waals surface area contributed by atoms with E-state index in [9.17, 15) is 0 Å². The first-order valence-corrected chi connectivity index (χ1v) is 10.7. The zero-order chi connectivity index (χ0) is 21.8. The molecule has 0 saturated carbocycles. The molecular weight excluding hydrogens is 376 g/mol. The van der Waals surface area contributed by atoms with Crippen LogP contribution in [0.2, 0.25) is 0 Å². The fourth-order valence-corrected chi connectivity index (χ4v) is 3.39. The van der Waals surface area contributed by atoms with Gasteiger partial charge in [-0.15, -0.1) is 13.2 Å². The Morgan fingerprint density at radius 1 is 1.40 bits per heavy atom. The summed E-state index contributed by atoms with van der Waals surface area (Å²) in [6.45, 7) is 10.9. The van der Waals surface area contributed by atoms with E-state index in [2.05, 4.69) is 53.2 Å². The highest BCUT2D eigenvalue weighted by Crippen LogP contribution is 2.27. The molecule has 0 aliphatic carbocycles. The lowest BCUT2D eigenvalue weighted by Crippen LogP contribution is -2.43. The van der Waals surface area contributed by atoms with Crippen LogP contribution in [0.15, 0.2) is 48.8 Å². The first-order chi connectivity index (χ1) is 14.6. The van der Waals surface area contributed by atoms with Crippen molar-refractivity contribution in [1.29, 1.82) is 0 Å². The molecule has 1 aromatic rings. The van der Waals surface area contributed by atoms with Gasteiger partial charge in [0.25, 0.3) is 0 Å². The number of rotatable bonds is 14. The third-order valence-electron chi connectivity index (χ3n) is 5.20. The highest BCUT2D eigenvalue weighted by atomic mass is 16.6. The van der Waals surface area contributed by atoms with Gasteiger partial charge >= 0.3 is 0 Å². The van der Waals surface area contributed by atoms with Crippen molar-refractivity contribution in [2.75, 3.05) is 13.2 Å². The summed E-state index contributed by atoms with van der Waals surface area (Å²) in [7, 11) is 0. The summed E-state index contributed by atoms with van der Waals surface area (Å²) in [4.78, 5) is 9.89. The van der Waals surface area contributed by atoms with Crippen LogP contribution < -0.4 is 22.4 Å². The molecule has 1 aliphatic rings. The Balaban J connectivity index is 2.08. The number of pyridine rings is 1. The van der Waals surface area contributed by atoms with Crippen LogP contribution in [0.3, 0.4) is 0 Å². The normalized spacial score (nSPS) is 20.2. The molecule has 0 spiro atoms. The van der Waals surface area contributed by atoms with Gasteiger partial charge in [0.15, 0.2) is 0 Å². The summed E-state index contributed by atoms with van der Waals surface area (Å²) >= 11 is 0. The zero-order valence-corrected chi connectivity index (χ0v) is 18.0. The lowest BCUT2D eigenvalue weighted by atomic mass is 9.89. The van der Waals surface area contributed by atoms with Crippen molar-refractivity contribution < 1.29 is 4.84 Å². The molecule has 2 rings (SSSR count). The van der Waals surface area contributed by atoms with E-state index in [1.165, 1.54) is 11.1 Å². The molecule has 4 unspecified atom stereocenters. The fraction of sp³-hybridized carbons (Fsp3) is 0.478. The van der Waals surface area contributed by atoms with Gasteiger partial charge in [0.1, 0.15) is 0 Å². The van der Waals surface area contributed by atoms with E-state index < -0.39 is 0 Å². The number of nitrogens with zero attached hydrogens (tertiary/aromatic N) is 2. The second kappa shape index (κ2) is 13.1. The number of aromatic nitrogens is 1.